The Balaban J connectivity index is 1.79. The number of halogens is 1. The predicted octanol–water partition coefficient (Wildman–Crippen LogP) is 3.71. The van der Waals surface area contributed by atoms with E-state index in [4.69, 9.17) is 16.3 Å². The highest BCUT2D eigenvalue weighted by Crippen LogP contribution is 2.25. The van der Waals surface area contributed by atoms with E-state index in [9.17, 15) is 4.79 Å². The van der Waals surface area contributed by atoms with Gasteiger partial charge in [0, 0.05) is 29.9 Å². The van der Waals surface area contributed by atoms with Gasteiger partial charge in [-0.1, -0.05) is 17.7 Å². The maximum absolute atomic E-state index is 12.4. The summed E-state index contributed by atoms with van der Waals surface area (Å²) in [7, 11) is 0. The van der Waals surface area contributed by atoms with Crippen LogP contribution in [0.25, 0.3) is 5.70 Å². The number of morpholine rings is 1. The highest BCUT2D eigenvalue weighted by atomic mass is 35.5. The number of nitrogens with one attached hydrogen (secondary N) is 1. The molecular weight excluding hydrogens is 332 g/mol. The van der Waals surface area contributed by atoms with Crippen molar-refractivity contribution in [1.82, 2.24) is 4.90 Å². The first kappa shape index (κ1) is 16.1. The SMILES string of the molecule is O=C(C=C(c1cccs1)N1CCOCC1)Nc1ccc(Cl)cc1. The van der Waals surface area contributed by atoms with Crippen LogP contribution < -0.4 is 5.32 Å². The molecule has 1 aromatic carbocycles. The zero-order valence-electron chi connectivity index (χ0n) is 12.5. The van der Waals surface area contributed by atoms with E-state index in [2.05, 4.69) is 10.2 Å². The summed E-state index contributed by atoms with van der Waals surface area (Å²) in [6.07, 6.45) is 1.66. The average molecular weight is 349 g/mol. The van der Waals surface area contributed by atoms with Gasteiger partial charge in [0.05, 0.1) is 23.8 Å². The van der Waals surface area contributed by atoms with E-state index < -0.39 is 0 Å². The molecule has 2 aromatic rings. The molecule has 2 heterocycles. The van der Waals surface area contributed by atoms with Crippen LogP contribution in [0.4, 0.5) is 5.69 Å². The molecule has 1 amide bonds. The third-order valence-electron chi connectivity index (χ3n) is 3.50. The number of thiophene rings is 1. The normalized spacial score (nSPS) is 15.5. The van der Waals surface area contributed by atoms with Crippen molar-refractivity contribution in [2.45, 2.75) is 0 Å². The van der Waals surface area contributed by atoms with Crippen molar-refractivity contribution >= 4 is 40.2 Å². The van der Waals surface area contributed by atoms with Gasteiger partial charge in [0.1, 0.15) is 0 Å². The first-order valence-electron chi connectivity index (χ1n) is 7.37. The van der Waals surface area contributed by atoms with Crippen molar-refractivity contribution in [1.29, 1.82) is 0 Å². The Kier molecular flexibility index (Phi) is 5.33. The number of benzene rings is 1. The van der Waals surface area contributed by atoms with Crippen molar-refractivity contribution in [3.8, 4) is 0 Å². The van der Waals surface area contributed by atoms with Gasteiger partial charge in [-0.3, -0.25) is 4.79 Å². The Hall–Kier alpha value is -1.82. The van der Waals surface area contributed by atoms with Crippen LogP contribution in [0.2, 0.25) is 5.02 Å². The average Bonchev–Trinajstić information content (AvgIpc) is 3.10. The molecule has 4 nitrogen and oxygen atoms in total. The lowest BCUT2D eigenvalue weighted by Crippen LogP contribution is -2.35. The van der Waals surface area contributed by atoms with Crippen LogP contribution in [0.3, 0.4) is 0 Å². The van der Waals surface area contributed by atoms with Gasteiger partial charge >= 0.3 is 0 Å². The van der Waals surface area contributed by atoms with E-state index in [0.717, 1.165) is 29.4 Å². The summed E-state index contributed by atoms with van der Waals surface area (Å²) < 4.78 is 5.40. The monoisotopic (exact) mass is 348 g/mol. The van der Waals surface area contributed by atoms with Crippen LogP contribution in [-0.2, 0) is 9.53 Å². The summed E-state index contributed by atoms with van der Waals surface area (Å²) >= 11 is 7.49. The number of hydrogen-bond donors (Lipinski definition) is 1. The minimum absolute atomic E-state index is 0.151. The van der Waals surface area contributed by atoms with Gasteiger partial charge in [0.2, 0.25) is 5.91 Å². The van der Waals surface area contributed by atoms with Crippen LogP contribution >= 0.6 is 22.9 Å². The van der Waals surface area contributed by atoms with Crippen LogP contribution in [-0.4, -0.2) is 37.1 Å². The molecular formula is C17H17ClN2O2S. The summed E-state index contributed by atoms with van der Waals surface area (Å²) in [5, 5.41) is 5.53. The van der Waals surface area contributed by atoms with E-state index in [1.165, 1.54) is 0 Å². The molecule has 23 heavy (non-hydrogen) atoms. The van der Waals surface area contributed by atoms with Crippen molar-refractivity contribution in [3.05, 3.63) is 57.8 Å². The van der Waals surface area contributed by atoms with E-state index in [0.29, 0.717) is 18.2 Å². The van der Waals surface area contributed by atoms with Gasteiger partial charge in [0.25, 0.3) is 0 Å². The summed E-state index contributed by atoms with van der Waals surface area (Å²) in [6.45, 7) is 2.94. The number of rotatable bonds is 4. The molecule has 0 bridgehead atoms. The number of ether oxygens (including phenoxy) is 1. The lowest BCUT2D eigenvalue weighted by Gasteiger charge is -2.30. The fraction of sp³-hybridized carbons (Fsp3) is 0.235. The zero-order valence-corrected chi connectivity index (χ0v) is 14.1. The number of amides is 1. The molecule has 6 heteroatoms. The predicted molar refractivity (Wildman–Crippen MR) is 94.8 cm³/mol. The molecule has 1 N–H and O–H groups in total. The number of hydrogen-bond acceptors (Lipinski definition) is 4. The quantitative estimate of drug-likeness (QED) is 0.856. The molecule has 0 atom stereocenters. The second kappa shape index (κ2) is 7.64. The Morgan fingerprint density at radius 2 is 1.96 bits per heavy atom. The topological polar surface area (TPSA) is 41.6 Å². The van der Waals surface area contributed by atoms with Crippen molar-refractivity contribution in [2.24, 2.45) is 0 Å². The third kappa shape index (κ3) is 4.34. The van der Waals surface area contributed by atoms with Crippen LogP contribution in [0.1, 0.15) is 4.88 Å². The largest absolute Gasteiger partial charge is 0.378 e. The molecule has 3 rings (SSSR count). The number of nitrogens with zero attached hydrogens (tertiary/aromatic N) is 1. The number of carbonyl (C=O) groups excluding carboxylic acids is 1. The molecule has 120 valence electrons. The maximum atomic E-state index is 12.4. The molecule has 1 fully saturated rings. The van der Waals surface area contributed by atoms with Gasteiger partial charge < -0.3 is 15.0 Å². The second-order valence-electron chi connectivity index (χ2n) is 5.10. The smallest absolute Gasteiger partial charge is 0.250 e. The van der Waals surface area contributed by atoms with Crippen molar-refractivity contribution in [3.63, 3.8) is 0 Å². The van der Waals surface area contributed by atoms with E-state index in [-0.39, 0.29) is 5.91 Å². The second-order valence-corrected chi connectivity index (χ2v) is 6.49. The van der Waals surface area contributed by atoms with Crippen LogP contribution in [0.5, 0.6) is 0 Å². The third-order valence-corrected chi connectivity index (χ3v) is 4.65. The van der Waals surface area contributed by atoms with Gasteiger partial charge in [-0.15, -0.1) is 11.3 Å². The Bertz CT molecular complexity index is 677. The fourth-order valence-corrected chi connectivity index (χ4v) is 3.28. The molecule has 0 saturated carbocycles. The molecule has 1 aliphatic heterocycles. The van der Waals surface area contributed by atoms with E-state index in [1.807, 2.05) is 17.5 Å². The van der Waals surface area contributed by atoms with Crippen molar-refractivity contribution < 1.29 is 9.53 Å². The van der Waals surface area contributed by atoms with Crippen LogP contribution in [0.15, 0.2) is 47.9 Å². The standard InChI is InChI=1S/C17H17ClN2O2S/c18-13-3-5-14(6-4-13)19-17(21)12-15(16-2-1-11-23-16)20-7-9-22-10-8-20/h1-6,11-12H,7-10H2,(H,19,21). The van der Waals surface area contributed by atoms with Crippen molar-refractivity contribution in [2.75, 3.05) is 31.6 Å². The minimum atomic E-state index is -0.151. The first-order valence-corrected chi connectivity index (χ1v) is 8.63. The lowest BCUT2D eigenvalue weighted by atomic mass is 10.2. The Labute approximate surface area is 144 Å². The fourth-order valence-electron chi connectivity index (χ4n) is 2.38. The summed E-state index contributed by atoms with van der Waals surface area (Å²) in [5.74, 6) is -0.151. The van der Waals surface area contributed by atoms with Gasteiger partial charge in [0.15, 0.2) is 0 Å². The molecule has 1 aromatic heterocycles. The minimum Gasteiger partial charge on any atom is -0.378 e. The Morgan fingerprint density at radius 3 is 2.61 bits per heavy atom. The van der Waals surface area contributed by atoms with Gasteiger partial charge in [-0.25, -0.2) is 0 Å². The summed E-state index contributed by atoms with van der Waals surface area (Å²) in [6, 6.07) is 11.1. The zero-order chi connectivity index (χ0) is 16.1. The molecule has 0 spiro atoms. The Morgan fingerprint density at radius 1 is 1.22 bits per heavy atom. The first-order chi connectivity index (χ1) is 11.2. The van der Waals surface area contributed by atoms with E-state index >= 15 is 0 Å². The molecule has 0 unspecified atom stereocenters. The highest BCUT2D eigenvalue weighted by Gasteiger charge is 2.17. The van der Waals surface area contributed by atoms with E-state index in [1.54, 1.807) is 41.7 Å². The molecule has 0 radical (unpaired) electrons. The van der Waals surface area contributed by atoms with Gasteiger partial charge in [-0.05, 0) is 35.7 Å². The maximum Gasteiger partial charge on any atom is 0.250 e. The van der Waals surface area contributed by atoms with Crippen LogP contribution in [0, 0.1) is 0 Å². The number of carbonyl (C=O) groups is 1. The highest BCUT2D eigenvalue weighted by molar-refractivity contribution is 7.11. The lowest BCUT2D eigenvalue weighted by molar-refractivity contribution is -0.111. The summed E-state index contributed by atoms with van der Waals surface area (Å²) in [4.78, 5) is 15.6. The molecule has 0 aliphatic carbocycles. The van der Waals surface area contributed by atoms with Gasteiger partial charge in [-0.2, -0.15) is 0 Å². The molecule has 1 aliphatic rings. The summed E-state index contributed by atoms with van der Waals surface area (Å²) in [5.41, 5.74) is 1.66. The number of anilines is 1. The molecule has 1 saturated heterocycles.